The maximum atomic E-state index is 9.36. The predicted octanol–water partition coefficient (Wildman–Crippen LogP) is 3.80. The summed E-state index contributed by atoms with van der Waals surface area (Å²) in [5, 5.41) is 9.36. The molecule has 2 rings (SSSR count). The number of hydrogen-bond donors (Lipinski definition) is 1. The maximum absolute atomic E-state index is 9.36. The number of benzene rings is 2. The van der Waals surface area contributed by atoms with Crippen LogP contribution in [0.5, 0.6) is 5.75 Å². The predicted molar refractivity (Wildman–Crippen MR) is 81.5 cm³/mol. The molecule has 2 aromatic rings. The van der Waals surface area contributed by atoms with Crippen LogP contribution in [0.4, 0.5) is 0 Å². The Morgan fingerprint density at radius 1 is 1.15 bits per heavy atom. The molecular weight excluding hydrogens is 320 g/mol. The van der Waals surface area contributed by atoms with Crippen molar-refractivity contribution in [2.75, 3.05) is 6.79 Å². The lowest BCUT2D eigenvalue weighted by atomic mass is 10.1. The summed E-state index contributed by atoms with van der Waals surface area (Å²) in [7, 11) is 0. The zero-order chi connectivity index (χ0) is 14.4. The van der Waals surface area contributed by atoms with Gasteiger partial charge < -0.3 is 14.6 Å². The third-order valence-corrected chi connectivity index (χ3v) is 3.34. The molecule has 3 nitrogen and oxygen atoms in total. The van der Waals surface area contributed by atoms with Crippen molar-refractivity contribution in [3.8, 4) is 5.75 Å². The van der Waals surface area contributed by atoms with Gasteiger partial charge in [0, 0.05) is 10.0 Å². The van der Waals surface area contributed by atoms with Crippen molar-refractivity contribution < 1.29 is 14.6 Å². The molecule has 106 valence electrons. The van der Waals surface area contributed by atoms with Crippen LogP contribution < -0.4 is 4.74 Å². The highest BCUT2D eigenvalue weighted by Crippen LogP contribution is 2.28. The van der Waals surface area contributed by atoms with Gasteiger partial charge in [0.25, 0.3) is 0 Å². The van der Waals surface area contributed by atoms with Gasteiger partial charge in [0.15, 0.2) is 6.79 Å². The van der Waals surface area contributed by atoms with E-state index in [1.165, 1.54) is 0 Å². The van der Waals surface area contributed by atoms with Gasteiger partial charge in [-0.15, -0.1) is 0 Å². The normalized spacial score (nSPS) is 10.6. The summed E-state index contributed by atoms with van der Waals surface area (Å²) < 4.78 is 12.1. The second-order valence-corrected chi connectivity index (χ2v) is 5.38. The summed E-state index contributed by atoms with van der Waals surface area (Å²) in [4.78, 5) is 0. The molecule has 0 heterocycles. The molecule has 0 saturated carbocycles. The molecule has 0 aromatic heterocycles. The Bertz CT molecular complexity index is 555. The van der Waals surface area contributed by atoms with Crippen LogP contribution in [0.3, 0.4) is 0 Å². The lowest BCUT2D eigenvalue weighted by Gasteiger charge is -2.14. The van der Waals surface area contributed by atoms with Crippen molar-refractivity contribution in [2.45, 2.75) is 20.1 Å². The maximum Gasteiger partial charge on any atom is 0.189 e. The van der Waals surface area contributed by atoms with Crippen molar-refractivity contribution in [1.82, 2.24) is 0 Å². The van der Waals surface area contributed by atoms with Crippen LogP contribution in [-0.2, 0) is 18.0 Å². The molecule has 0 aliphatic rings. The molecule has 20 heavy (non-hydrogen) atoms. The number of hydrogen-bond acceptors (Lipinski definition) is 3. The SMILES string of the molecule is Cc1cc(Br)cc(CO)c1OCOCc1ccccc1. The Labute approximate surface area is 127 Å². The molecule has 0 fully saturated rings. The second kappa shape index (κ2) is 7.43. The smallest absolute Gasteiger partial charge is 0.189 e. The van der Waals surface area contributed by atoms with Crippen molar-refractivity contribution >= 4 is 15.9 Å². The van der Waals surface area contributed by atoms with Crippen LogP contribution in [-0.4, -0.2) is 11.9 Å². The van der Waals surface area contributed by atoms with E-state index in [0.717, 1.165) is 21.2 Å². The molecule has 0 atom stereocenters. The average Bonchev–Trinajstić information content (AvgIpc) is 2.45. The van der Waals surface area contributed by atoms with E-state index in [2.05, 4.69) is 15.9 Å². The summed E-state index contributed by atoms with van der Waals surface area (Å²) in [6.45, 7) is 2.54. The van der Waals surface area contributed by atoms with Crippen LogP contribution in [0.25, 0.3) is 0 Å². The third-order valence-electron chi connectivity index (χ3n) is 2.88. The number of aliphatic hydroxyl groups excluding tert-OH is 1. The zero-order valence-corrected chi connectivity index (χ0v) is 12.9. The summed E-state index contributed by atoms with van der Waals surface area (Å²) in [6.07, 6.45) is 0. The molecule has 0 amide bonds. The van der Waals surface area contributed by atoms with Crippen LogP contribution in [0.2, 0.25) is 0 Å². The van der Waals surface area contributed by atoms with Gasteiger partial charge in [-0.05, 0) is 30.2 Å². The fourth-order valence-corrected chi connectivity index (χ4v) is 2.58. The number of ether oxygens (including phenoxy) is 2. The van der Waals surface area contributed by atoms with Crippen molar-refractivity contribution in [3.63, 3.8) is 0 Å². The molecule has 0 saturated heterocycles. The first-order chi connectivity index (χ1) is 9.70. The van der Waals surface area contributed by atoms with Gasteiger partial charge in [-0.3, -0.25) is 0 Å². The van der Waals surface area contributed by atoms with E-state index in [-0.39, 0.29) is 13.4 Å². The minimum atomic E-state index is -0.0612. The fraction of sp³-hybridized carbons (Fsp3) is 0.250. The second-order valence-electron chi connectivity index (χ2n) is 4.47. The Morgan fingerprint density at radius 3 is 2.60 bits per heavy atom. The van der Waals surface area contributed by atoms with Crippen molar-refractivity contribution in [1.29, 1.82) is 0 Å². The Morgan fingerprint density at radius 2 is 1.90 bits per heavy atom. The average molecular weight is 337 g/mol. The lowest BCUT2D eigenvalue weighted by Crippen LogP contribution is -2.06. The first kappa shape index (κ1) is 15.0. The van der Waals surface area contributed by atoms with Crippen LogP contribution >= 0.6 is 15.9 Å². The minimum Gasteiger partial charge on any atom is -0.467 e. The molecule has 0 aliphatic heterocycles. The van der Waals surface area contributed by atoms with E-state index in [1.54, 1.807) is 0 Å². The molecule has 0 aliphatic carbocycles. The van der Waals surface area contributed by atoms with Gasteiger partial charge in [-0.1, -0.05) is 46.3 Å². The number of halogens is 1. The van der Waals surface area contributed by atoms with Crippen molar-refractivity contribution in [2.24, 2.45) is 0 Å². The summed E-state index contributed by atoms with van der Waals surface area (Å²) >= 11 is 3.40. The first-order valence-electron chi connectivity index (χ1n) is 6.35. The summed E-state index contributed by atoms with van der Waals surface area (Å²) in [6, 6.07) is 13.7. The van der Waals surface area contributed by atoms with E-state index in [9.17, 15) is 5.11 Å². The number of aliphatic hydroxyl groups is 1. The Kier molecular flexibility index (Phi) is 5.59. The highest BCUT2D eigenvalue weighted by atomic mass is 79.9. The quantitative estimate of drug-likeness (QED) is 0.644. The Hall–Kier alpha value is -1.36. The standard InChI is InChI=1S/C16H17BrO3/c1-12-7-15(17)8-14(9-18)16(12)20-11-19-10-13-5-3-2-4-6-13/h2-8,18H,9-11H2,1H3. The summed E-state index contributed by atoms with van der Waals surface area (Å²) in [5.74, 6) is 0.684. The Balaban J connectivity index is 1.91. The molecule has 1 N–H and O–H groups in total. The number of aryl methyl sites for hydroxylation is 1. The van der Waals surface area contributed by atoms with E-state index < -0.39 is 0 Å². The highest BCUT2D eigenvalue weighted by Gasteiger charge is 2.08. The van der Waals surface area contributed by atoms with Crippen LogP contribution in [0.15, 0.2) is 46.9 Å². The van der Waals surface area contributed by atoms with E-state index in [0.29, 0.717) is 12.4 Å². The molecule has 0 bridgehead atoms. The van der Waals surface area contributed by atoms with Gasteiger partial charge in [-0.25, -0.2) is 0 Å². The molecule has 0 radical (unpaired) electrons. The van der Waals surface area contributed by atoms with Crippen LogP contribution in [0, 0.1) is 6.92 Å². The topological polar surface area (TPSA) is 38.7 Å². The highest BCUT2D eigenvalue weighted by molar-refractivity contribution is 9.10. The summed E-state index contributed by atoms with van der Waals surface area (Å²) in [5.41, 5.74) is 2.82. The lowest BCUT2D eigenvalue weighted by molar-refractivity contribution is 0.00361. The third kappa shape index (κ3) is 4.07. The molecule has 4 heteroatoms. The van der Waals surface area contributed by atoms with Gasteiger partial charge in [-0.2, -0.15) is 0 Å². The first-order valence-corrected chi connectivity index (χ1v) is 7.14. The zero-order valence-electron chi connectivity index (χ0n) is 11.3. The molecule has 2 aromatic carbocycles. The molecule has 0 unspecified atom stereocenters. The van der Waals surface area contributed by atoms with Gasteiger partial charge in [0.05, 0.1) is 13.2 Å². The fourth-order valence-electron chi connectivity index (χ4n) is 1.96. The monoisotopic (exact) mass is 336 g/mol. The van der Waals surface area contributed by atoms with E-state index >= 15 is 0 Å². The van der Waals surface area contributed by atoms with Crippen LogP contribution in [0.1, 0.15) is 16.7 Å². The van der Waals surface area contributed by atoms with Gasteiger partial charge >= 0.3 is 0 Å². The molecular formula is C16H17BrO3. The minimum absolute atomic E-state index is 0.0612. The largest absolute Gasteiger partial charge is 0.467 e. The number of rotatable bonds is 6. The molecule has 0 spiro atoms. The van der Waals surface area contributed by atoms with Crippen molar-refractivity contribution in [3.05, 3.63) is 63.6 Å². The van der Waals surface area contributed by atoms with Gasteiger partial charge in [0.2, 0.25) is 0 Å². The van der Waals surface area contributed by atoms with Gasteiger partial charge in [0.1, 0.15) is 5.75 Å². The van der Waals surface area contributed by atoms with E-state index in [4.69, 9.17) is 9.47 Å². The van der Waals surface area contributed by atoms with E-state index in [1.807, 2.05) is 49.4 Å².